The Hall–Kier alpha value is -1.79. The number of hydrogen-bond donors (Lipinski definition) is 1. The van der Waals surface area contributed by atoms with E-state index in [-0.39, 0.29) is 0 Å². The molecule has 0 amide bonds. The molecular weight excluding hydrogens is 387 g/mol. The normalized spacial score (nSPS) is 14.2. The van der Waals surface area contributed by atoms with E-state index in [0.29, 0.717) is 14.8 Å². The molecule has 0 radical (unpaired) electrons. The van der Waals surface area contributed by atoms with Gasteiger partial charge >= 0.3 is 0 Å². The quantitative estimate of drug-likeness (QED) is 0.621. The van der Waals surface area contributed by atoms with Crippen molar-refractivity contribution in [3.05, 3.63) is 74.4 Å². The number of rotatable bonds is 3. The Labute approximate surface area is 166 Å². The summed E-state index contributed by atoms with van der Waals surface area (Å²) in [5.74, 6) is 0. The molecule has 7 heteroatoms. The first kappa shape index (κ1) is 17.6. The van der Waals surface area contributed by atoms with Crippen molar-refractivity contribution < 1.29 is 0 Å². The molecule has 1 aromatic carbocycles. The van der Waals surface area contributed by atoms with Crippen LogP contribution < -0.4 is 0 Å². The molecule has 0 aliphatic carbocycles. The molecule has 0 saturated heterocycles. The molecular formula is C19H16Cl2N4S. The lowest BCUT2D eigenvalue weighted by atomic mass is 10.1. The van der Waals surface area contributed by atoms with Crippen LogP contribution in [0.5, 0.6) is 0 Å². The summed E-state index contributed by atoms with van der Waals surface area (Å²) >= 11 is 17.5. The maximum atomic E-state index is 6.29. The molecule has 2 aromatic heterocycles. The van der Waals surface area contributed by atoms with Crippen LogP contribution in [-0.4, -0.2) is 26.4 Å². The number of hydrogen-bond acceptors (Lipinski definition) is 4. The van der Waals surface area contributed by atoms with E-state index in [1.165, 1.54) is 11.3 Å². The van der Waals surface area contributed by atoms with Gasteiger partial charge in [-0.2, -0.15) is 0 Å². The van der Waals surface area contributed by atoms with Crippen LogP contribution >= 0.6 is 35.4 Å². The van der Waals surface area contributed by atoms with Crippen molar-refractivity contribution in [1.29, 1.82) is 0 Å². The minimum Gasteiger partial charge on any atom is -0.334 e. The van der Waals surface area contributed by atoms with Crippen LogP contribution in [0, 0.1) is 4.77 Å². The Morgan fingerprint density at radius 3 is 2.81 bits per heavy atom. The first-order valence-electron chi connectivity index (χ1n) is 8.29. The van der Waals surface area contributed by atoms with Crippen molar-refractivity contribution in [3.63, 3.8) is 0 Å². The first-order valence-corrected chi connectivity index (χ1v) is 9.45. The third-order valence-corrected chi connectivity index (χ3v) is 5.54. The van der Waals surface area contributed by atoms with Gasteiger partial charge in [0.2, 0.25) is 0 Å². The standard InChI is InChI=1S/C19H16Cl2N4S/c20-15-3-1-2-14(18(15)21)17-5-4-12(8-22-17)10-25-7-6-16-13(11-25)9-23-19(26)24-16/h1-5,8-9H,6-7,10-11H2,(H,23,24,26). The largest absolute Gasteiger partial charge is 0.334 e. The predicted molar refractivity (Wildman–Crippen MR) is 107 cm³/mol. The van der Waals surface area contributed by atoms with E-state index >= 15 is 0 Å². The van der Waals surface area contributed by atoms with E-state index in [0.717, 1.165) is 42.9 Å². The Morgan fingerprint density at radius 1 is 1.12 bits per heavy atom. The summed E-state index contributed by atoms with van der Waals surface area (Å²) in [4.78, 5) is 14.3. The lowest BCUT2D eigenvalue weighted by Crippen LogP contribution is -2.30. The van der Waals surface area contributed by atoms with E-state index < -0.39 is 0 Å². The van der Waals surface area contributed by atoms with E-state index in [4.69, 9.17) is 35.4 Å². The van der Waals surface area contributed by atoms with E-state index in [1.807, 2.05) is 30.6 Å². The number of benzene rings is 1. The molecule has 0 bridgehead atoms. The van der Waals surface area contributed by atoms with Gasteiger partial charge in [-0.1, -0.05) is 41.4 Å². The van der Waals surface area contributed by atoms with Crippen LogP contribution in [0.3, 0.4) is 0 Å². The zero-order chi connectivity index (χ0) is 18.1. The molecule has 1 aliphatic rings. The van der Waals surface area contributed by atoms with Gasteiger partial charge in [-0.25, -0.2) is 4.98 Å². The van der Waals surface area contributed by atoms with Gasteiger partial charge in [0.15, 0.2) is 4.77 Å². The Morgan fingerprint density at radius 2 is 2.00 bits per heavy atom. The van der Waals surface area contributed by atoms with Gasteiger partial charge in [-0.05, 0) is 29.9 Å². The molecule has 0 unspecified atom stereocenters. The van der Waals surface area contributed by atoms with Crippen molar-refractivity contribution in [1.82, 2.24) is 19.9 Å². The van der Waals surface area contributed by atoms with Gasteiger partial charge < -0.3 is 4.98 Å². The second kappa shape index (κ2) is 7.45. The molecule has 1 aliphatic heterocycles. The lowest BCUT2D eigenvalue weighted by Gasteiger charge is -2.28. The van der Waals surface area contributed by atoms with Crippen LogP contribution in [0.1, 0.15) is 16.8 Å². The molecule has 26 heavy (non-hydrogen) atoms. The third-order valence-electron chi connectivity index (χ3n) is 4.51. The van der Waals surface area contributed by atoms with Crippen molar-refractivity contribution in [2.45, 2.75) is 19.5 Å². The molecule has 132 valence electrons. The molecule has 1 N–H and O–H groups in total. The number of aromatic amines is 1. The highest BCUT2D eigenvalue weighted by atomic mass is 35.5. The summed E-state index contributed by atoms with van der Waals surface area (Å²) in [5.41, 5.74) is 5.23. The zero-order valence-electron chi connectivity index (χ0n) is 13.9. The number of aromatic nitrogens is 3. The van der Waals surface area contributed by atoms with Crippen molar-refractivity contribution in [2.24, 2.45) is 0 Å². The topological polar surface area (TPSA) is 44.8 Å². The minimum atomic E-state index is 0.534. The van der Waals surface area contributed by atoms with Gasteiger partial charge in [0.25, 0.3) is 0 Å². The maximum absolute atomic E-state index is 6.29. The first-order chi connectivity index (χ1) is 12.6. The number of nitrogens with zero attached hydrogens (tertiary/aromatic N) is 3. The van der Waals surface area contributed by atoms with Crippen LogP contribution in [0.4, 0.5) is 0 Å². The minimum absolute atomic E-state index is 0.534. The summed E-state index contributed by atoms with van der Waals surface area (Å²) in [6.45, 7) is 2.67. The number of fused-ring (bicyclic) bond motifs is 1. The van der Waals surface area contributed by atoms with Gasteiger partial charge in [-0.15, -0.1) is 0 Å². The fraction of sp³-hybridized carbons (Fsp3) is 0.211. The summed E-state index contributed by atoms with van der Waals surface area (Å²) in [7, 11) is 0. The number of halogens is 2. The number of pyridine rings is 1. The highest BCUT2D eigenvalue weighted by Crippen LogP contribution is 2.32. The van der Waals surface area contributed by atoms with Crippen LogP contribution in [0.15, 0.2) is 42.7 Å². The number of nitrogens with one attached hydrogen (secondary N) is 1. The molecule has 0 fully saturated rings. The van der Waals surface area contributed by atoms with Crippen molar-refractivity contribution >= 4 is 35.4 Å². The molecule has 4 nitrogen and oxygen atoms in total. The van der Waals surface area contributed by atoms with Gasteiger partial charge in [0, 0.05) is 55.3 Å². The van der Waals surface area contributed by atoms with Crippen LogP contribution in [0.25, 0.3) is 11.3 Å². The van der Waals surface area contributed by atoms with Gasteiger partial charge in [0.1, 0.15) is 0 Å². The fourth-order valence-corrected chi connectivity index (χ4v) is 3.75. The Bertz CT molecular complexity index is 1000. The molecule has 3 aromatic rings. The second-order valence-corrected chi connectivity index (χ2v) is 7.48. The summed E-state index contributed by atoms with van der Waals surface area (Å²) in [6.07, 6.45) is 4.73. The van der Waals surface area contributed by atoms with Gasteiger partial charge in [-0.3, -0.25) is 9.88 Å². The lowest BCUT2D eigenvalue weighted by molar-refractivity contribution is 0.242. The van der Waals surface area contributed by atoms with Crippen molar-refractivity contribution in [2.75, 3.05) is 6.54 Å². The monoisotopic (exact) mass is 402 g/mol. The average Bonchev–Trinajstić information content (AvgIpc) is 2.65. The zero-order valence-corrected chi connectivity index (χ0v) is 16.2. The SMILES string of the molecule is S=c1ncc2c([nH]1)CCN(Cc1ccc(-c3cccc(Cl)c3Cl)nc1)C2. The molecule has 0 saturated carbocycles. The molecule has 3 heterocycles. The molecule has 0 atom stereocenters. The smallest absolute Gasteiger partial charge is 0.196 e. The highest BCUT2D eigenvalue weighted by Gasteiger charge is 2.17. The highest BCUT2D eigenvalue weighted by molar-refractivity contribution is 7.71. The maximum Gasteiger partial charge on any atom is 0.196 e. The Kier molecular flexibility index (Phi) is 5.05. The summed E-state index contributed by atoms with van der Waals surface area (Å²) in [6, 6.07) is 9.66. The summed E-state index contributed by atoms with van der Waals surface area (Å²) in [5, 5.41) is 1.07. The van der Waals surface area contributed by atoms with Crippen LogP contribution in [-0.2, 0) is 19.5 Å². The van der Waals surface area contributed by atoms with Crippen LogP contribution in [0.2, 0.25) is 10.0 Å². The van der Waals surface area contributed by atoms with Crippen molar-refractivity contribution in [3.8, 4) is 11.3 Å². The van der Waals surface area contributed by atoms with E-state index in [2.05, 4.69) is 25.9 Å². The summed E-state index contributed by atoms with van der Waals surface area (Å²) < 4.78 is 0.552. The van der Waals surface area contributed by atoms with E-state index in [1.54, 1.807) is 6.07 Å². The second-order valence-electron chi connectivity index (χ2n) is 6.31. The van der Waals surface area contributed by atoms with Gasteiger partial charge in [0.05, 0.1) is 15.7 Å². The predicted octanol–water partition coefficient (Wildman–Crippen LogP) is 5.07. The third kappa shape index (κ3) is 3.67. The number of H-pyrrole nitrogens is 1. The fourth-order valence-electron chi connectivity index (χ4n) is 3.18. The average molecular weight is 403 g/mol. The van der Waals surface area contributed by atoms with E-state index in [9.17, 15) is 0 Å². The molecule has 4 rings (SSSR count). The molecule has 0 spiro atoms. The Balaban J connectivity index is 1.49.